The van der Waals surface area contributed by atoms with E-state index in [2.05, 4.69) is 0 Å². The molecule has 1 aliphatic rings. The fourth-order valence-corrected chi connectivity index (χ4v) is 4.06. The highest BCUT2D eigenvalue weighted by atomic mass is 19.1. The maximum Gasteiger partial charge on any atom is 0.179 e. The van der Waals surface area contributed by atoms with Crippen molar-refractivity contribution in [3.63, 3.8) is 0 Å². The van der Waals surface area contributed by atoms with E-state index in [1.807, 2.05) is 37.3 Å². The lowest BCUT2D eigenvalue weighted by Crippen LogP contribution is -2.48. The Morgan fingerprint density at radius 1 is 0.897 bits per heavy atom. The third kappa shape index (κ3) is 3.31. The van der Waals surface area contributed by atoms with Crippen LogP contribution in [0.1, 0.15) is 51.3 Å². The summed E-state index contributed by atoms with van der Waals surface area (Å²) in [6.45, 7) is 8.02. The highest BCUT2D eigenvalue weighted by molar-refractivity contribution is 6.34. The molecule has 0 aliphatic heterocycles. The Labute approximate surface area is 171 Å². The van der Waals surface area contributed by atoms with Gasteiger partial charge in [0.2, 0.25) is 0 Å². The molecule has 1 aliphatic carbocycles. The van der Waals surface area contributed by atoms with Gasteiger partial charge in [-0.15, -0.1) is 0 Å². The van der Waals surface area contributed by atoms with E-state index in [-0.39, 0.29) is 22.9 Å². The number of halogens is 1. The molecule has 0 spiro atoms. The molecule has 0 saturated heterocycles. The Morgan fingerprint density at radius 2 is 1.48 bits per heavy atom. The van der Waals surface area contributed by atoms with E-state index in [4.69, 9.17) is 0 Å². The van der Waals surface area contributed by atoms with Crippen molar-refractivity contribution in [2.24, 2.45) is 10.8 Å². The van der Waals surface area contributed by atoms with E-state index in [1.54, 1.807) is 39.8 Å². The average Bonchev–Trinajstić information content (AvgIpc) is 2.72. The number of rotatable bonds is 4. The number of hydrogen-bond acceptors (Lipinski definition) is 3. The molecular formula is C25H27FO3. The van der Waals surface area contributed by atoms with Crippen LogP contribution in [0, 0.1) is 10.8 Å². The Bertz CT molecular complexity index is 1010. The van der Waals surface area contributed by atoms with Crippen LogP contribution >= 0.6 is 0 Å². The normalized spacial score (nSPS) is 18.3. The molecule has 0 saturated carbocycles. The zero-order valence-corrected chi connectivity index (χ0v) is 17.6. The number of aliphatic hydroxyl groups excluding tert-OH is 1. The summed E-state index contributed by atoms with van der Waals surface area (Å²) in [6.07, 6.45) is 0.676. The summed E-state index contributed by atoms with van der Waals surface area (Å²) in [7, 11) is 0. The molecular weight excluding hydrogens is 367 g/mol. The van der Waals surface area contributed by atoms with Crippen molar-refractivity contribution in [2.75, 3.05) is 0 Å². The number of Topliss-reactive ketones (excluding diaryl/α,β-unsaturated/α-hetero) is 2. The lowest BCUT2D eigenvalue weighted by molar-refractivity contribution is -0.143. The molecule has 152 valence electrons. The number of aryl methyl sites for hydroxylation is 1. The summed E-state index contributed by atoms with van der Waals surface area (Å²) < 4.78 is 12.8. The number of benzene rings is 2. The van der Waals surface area contributed by atoms with Gasteiger partial charge in [-0.25, -0.2) is 4.39 Å². The number of carbonyl (C=O) groups excluding carboxylic acids is 2. The first-order valence-corrected chi connectivity index (χ1v) is 9.87. The van der Waals surface area contributed by atoms with Crippen LogP contribution in [0.5, 0.6) is 0 Å². The Hall–Kier alpha value is -2.75. The van der Waals surface area contributed by atoms with Crippen LogP contribution in [0.15, 0.2) is 48.2 Å². The number of allylic oxidation sites excluding steroid dienone is 2. The summed E-state index contributed by atoms with van der Waals surface area (Å²) in [5, 5.41) is 11.0. The minimum Gasteiger partial charge on any atom is -0.510 e. The standard InChI is InChI=1S/C25H27FO3/c1-6-16-11-12-18(17-9-7-15(14-26)8-10-17)13-19(16)20-21(27)24(2,3)23(29)25(4,5)22(20)28/h7-13,27H,6,14H2,1-5H3. The summed E-state index contributed by atoms with van der Waals surface area (Å²) in [5.74, 6) is -0.822. The highest BCUT2D eigenvalue weighted by Gasteiger charge is 2.53. The minimum absolute atomic E-state index is 0.175. The number of ketones is 2. The molecule has 0 bridgehead atoms. The largest absolute Gasteiger partial charge is 0.510 e. The summed E-state index contributed by atoms with van der Waals surface area (Å²) in [5.41, 5.74) is 1.79. The number of aliphatic hydroxyl groups is 1. The molecule has 0 aromatic heterocycles. The number of carbonyl (C=O) groups is 2. The first-order valence-electron chi connectivity index (χ1n) is 9.87. The number of alkyl halides is 1. The van der Waals surface area contributed by atoms with E-state index in [0.717, 1.165) is 16.7 Å². The van der Waals surface area contributed by atoms with Crippen LogP contribution in [0.25, 0.3) is 16.7 Å². The molecule has 0 radical (unpaired) electrons. The quantitative estimate of drug-likeness (QED) is 0.661. The van der Waals surface area contributed by atoms with E-state index < -0.39 is 17.5 Å². The van der Waals surface area contributed by atoms with E-state index in [9.17, 15) is 19.1 Å². The topological polar surface area (TPSA) is 54.4 Å². The van der Waals surface area contributed by atoms with Crippen LogP contribution in [-0.4, -0.2) is 16.7 Å². The van der Waals surface area contributed by atoms with Crippen LogP contribution < -0.4 is 0 Å². The highest BCUT2D eigenvalue weighted by Crippen LogP contribution is 2.47. The maximum atomic E-state index is 13.3. The second-order valence-corrected chi connectivity index (χ2v) is 8.69. The van der Waals surface area contributed by atoms with Crippen molar-refractivity contribution in [1.82, 2.24) is 0 Å². The zero-order chi connectivity index (χ0) is 21.6. The third-order valence-corrected chi connectivity index (χ3v) is 5.96. The third-order valence-electron chi connectivity index (χ3n) is 5.96. The predicted octanol–water partition coefficient (Wildman–Crippen LogP) is 5.86. The summed E-state index contributed by atoms with van der Waals surface area (Å²) >= 11 is 0. The van der Waals surface area contributed by atoms with Crippen molar-refractivity contribution in [3.8, 4) is 11.1 Å². The van der Waals surface area contributed by atoms with Crippen molar-refractivity contribution < 1.29 is 19.1 Å². The van der Waals surface area contributed by atoms with Crippen LogP contribution in [0.4, 0.5) is 4.39 Å². The van der Waals surface area contributed by atoms with E-state index in [0.29, 0.717) is 17.5 Å². The van der Waals surface area contributed by atoms with E-state index in [1.165, 1.54) is 0 Å². The smallest absolute Gasteiger partial charge is 0.179 e. The first-order chi connectivity index (χ1) is 13.6. The number of hydrogen-bond donors (Lipinski definition) is 1. The van der Waals surface area contributed by atoms with E-state index >= 15 is 0 Å². The fourth-order valence-electron chi connectivity index (χ4n) is 4.06. The molecule has 0 unspecified atom stereocenters. The van der Waals surface area contributed by atoms with Crippen LogP contribution in [-0.2, 0) is 22.7 Å². The monoisotopic (exact) mass is 394 g/mol. The summed E-state index contributed by atoms with van der Waals surface area (Å²) in [6, 6.07) is 12.9. The lowest BCUT2D eigenvalue weighted by Gasteiger charge is -2.38. The molecule has 3 rings (SSSR count). The Balaban J connectivity index is 2.24. The molecule has 2 aromatic rings. The fraction of sp³-hybridized carbons (Fsp3) is 0.360. The van der Waals surface area contributed by atoms with Crippen LogP contribution in [0.2, 0.25) is 0 Å². The van der Waals surface area contributed by atoms with Gasteiger partial charge in [0.1, 0.15) is 12.4 Å². The maximum absolute atomic E-state index is 13.3. The molecule has 2 aromatic carbocycles. The van der Waals surface area contributed by atoms with Gasteiger partial charge in [-0.2, -0.15) is 0 Å². The van der Waals surface area contributed by atoms with Gasteiger partial charge in [0.25, 0.3) is 0 Å². The second kappa shape index (κ2) is 7.25. The molecule has 1 N–H and O–H groups in total. The molecule has 0 heterocycles. The first kappa shape index (κ1) is 21.0. The molecule has 0 atom stereocenters. The molecule has 4 heteroatoms. The van der Waals surface area contributed by atoms with Gasteiger partial charge in [0.15, 0.2) is 11.6 Å². The van der Waals surface area contributed by atoms with Gasteiger partial charge in [-0.3, -0.25) is 9.59 Å². The summed E-state index contributed by atoms with van der Waals surface area (Å²) in [4.78, 5) is 26.1. The van der Waals surface area contributed by atoms with Crippen molar-refractivity contribution >= 4 is 17.1 Å². The average molecular weight is 394 g/mol. The lowest BCUT2D eigenvalue weighted by atomic mass is 9.62. The minimum atomic E-state index is -1.21. The second-order valence-electron chi connectivity index (χ2n) is 8.69. The SMILES string of the molecule is CCc1ccc(-c2ccc(CF)cc2)cc1C1=C(O)C(C)(C)C(=O)C(C)(C)C1=O. The van der Waals surface area contributed by atoms with Crippen LogP contribution in [0.3, 0.4) is 0 Å². The molecule has 29 heavy (non-hydrogen) atoms. The van der Waals surface area contributed by atoms with Gasteiger partial charge >= 0.3 is 0 Å². The molecule has 0 amide bonds. The van der Waals surface area contributed by atoms with Crippen molar-refractivity contribution in [2.45, 2.75) is 47.7 Å². The predicted molar refractivity (Wildman–Crippen MR) is 113 cm³/mol. The Morgan fingerprint density at radius 3 is 2.03 bits per heavy atom. The Kier molecular flexibility index (Phi) is 5.24. The van der Waals surface area contributed by atoms with Gasteiger partial charge in [-0.1, -0.05) is 43.3 Å². The van der Waals surface area contributed by atoms with Gasteiger partial charge in [0.05, 0.1) is 16.4 Å². The molecule has 3 nitrogen and oxygen atoms in total. The van der Waals surface area contributed by atoms with Gasteiger partial charge < -0.3 is 5.11 Å². The molecule has 0 fully saturated rings. The zero-order valence-electron chi connectivity index (χ0n) is 17.6. The van der Waals surface area contributed by atoms with Gasteiger partial charge in [0, 0.05) is 0 Å². The van der Waals surface area contributed by atoms with Crippen molar-refractivity contribution in [1.29, 1.82) is 0 Å². The van der Waals surface area contributed by atoms with Crippen molar-refractivity contribution in [3.05, 3.63) is 64.9 Å². The van der Waals surface area contributed by atoms with Gasteiger partial charge in [-0.05, 0) is 68.0 Å².